The van der Waals surface area contributed by atoms with E-state index < -0.39 is 0 Å². The molecule has 0 saturated heterocycles. The number of aromatic nitrogens is 3. The molecule has 1 aromatic heterocycles. The fourth-order valence-electron chi connectivity index (χ4n) is 3.05. The van der Waals surface area contributed by atoms with Gasteiger partial charge in [0, 0.05) is 11.6 Å². The second-order valence-electron chi connectivity index (χ2n) is 6.74. The molecule has 3 aromatic rings. The van der Waals surface area contributed by atoms with Crippen LogP contribution in [0.25, 0.3) is 11.4 Å². The topological polar surface area (TPSA) is 57.0 Å². The highest BCUT2D eigenvalue weighted by molar-refractivity contribution is 8.00. The molecule has 1 atom stereocenters. The normalized spacial score (nSPS) is 14.7. The summed E-state index contributed by atoms with van der Waals surface area (Å²) in [5, 5.41) is 8.82. The molecule has 1 fully saturated rings. The third-order valence-corrected chi connectivity index (χ3v) is 5.77. The van der Waals surface area contributed by atoms with Crippen LogP contribution in [0.5, 0.6) is 5.75 Å². The molecule has 0 N–H and O–H groups in total. The van der Waals surface area contributed by atoms with Crippen molar-refractivity contribution in [1.29, 1.82) is 0 Å². The number of hydrogen-bond acceptors (Lipinski definition) is 5. The molecule has 144 valence electrons. The number of benzene rings is 2. The van der Waals surface area contributed by atoms with E-state index in [1.165, 1.54) is 17.8 Å². The predicted octanol–water partition coefficient (Wildman–Crippen LogP) is 4.79. The summed E-state index contributed by atoms with van der Waals surface area (Å²) in [6.07, 6.45) is 2.02. The van der Waals surface area contributed by atoms with Crippen molar-refractivity contribution in [2.24, 2.45) is 0 Å². The van der Waals surface area contributed by atoms with Crippen molar-refractivity contribution in [2.75, 3.05) is 7.11 Å². The first-order valence-corrected chi connectivity index (χ1v) is 10.0. The number of carbonyl (C=O) groups excluding carboxylic acids is 1. The van der Waals surface area contributed by atoms with Crippen LogP contribution in [-0.2, 0) is 0 Å². The highest BCUT2D eigenvalue weighted by atomic mass is 32.2. The Labute approximate surface area is 166 Å². The van der Waals surface area contributed by atoms with E-state index in [2.05, 4.69) is 10.2 Å². The maximum absolute atomic E-state index is 14.3. The molecule has 1 unspecified atom stereocenters. The van der Waals surface area contributed by atoms with Crippen molar-refractivity contribution in [3.63, 3.8) is 0 Å². The Morgan fingerprint density at radius 3 is 2.54 bits per heavy atom. The lowest BCUT2D eigenvalue weighted by Crippen LogP contribution is -2.14. The molecule has 5 nitrogen and oxygen atoms in total. The molecule has 1 aliphatic carbocycles. The number of hydrogen-bond donors (Lipinski definition) is 0. The minimum Gasteiger partial charge on any atom is -0.497 e. The molecular formula is C21H20FN3O2S. The van der Waals surface area contributed by atoms with Crippen LogP contribution in [0.15, 0.2) is 53.7 Å². The van der Waals surface area contributed by atoms with Gasteiger partial charge in [-0.05, 0) is 56.2 Å². The summed E-state index contributed by atoms with van der Waals surface area (Å²) in [7, 11) is 1.59. The maximum atomic E-state index is 14.3. The van der Waals surface area contributed by atoms with E-state index in [0.29, 0.717) is 27.9 Å². The van der Waals surface area contributed by atoms with Gasteiger partial charge in [0.15, 0.2) is 16.8 Å². The Bertz CT molecular complexity index is 999. The number of thioether (sulfide) groups is 1. The Balaban J connectivity index is 1.59. The average molecular weight is 397 g/mol. The van der Waals surface area contributed by atoms with E-state index in [0.717, 1.165) is 12.8 Å². The second-order valence-corrected chi connectivity index (χ2v) is 8.05. The Morgan fingerprint density at radius 2 is 1.89 bits per heavy atom. The molecule has 0 spiro atoms. The Morgan fingerprint density at radius 1 is 1.18 bits per heavy atom. The third-order valence-electron chi connectivity index (χ3n) is 4.72. The van der Waals surface area contributed by atoms with E-state index in [9.17, 15) is 9.18 Å². The van der Waals surface area contributed by atoms with Gasteiger partial charge in [-0.25, -0.2) is 4.39 Å². The van der Waals surface area contributed by atoms with Crippen LogP contribution in [0.4, 0.5) is 4.39 Å². The highest BCUT2D eigenvalue weighted by Gasteiger charge is 2.32. The standard InChI is InChI=1S/C21H20FN3O2S/c1-13(19(26)14-7-11-16(27-2)12-8-14)28-21-24-23-20(25(21)15-9-10-15)17-5-3-4-6-18(17)22/h3-8,11-13,15H,9-10H2,1-2H3. The Kier molecular flexibility index (Phi) is 5.17. The van der Waals surface area contributed by atoms with Crippen molar-refractivity contribution in [3.8, 4) is 17.1 Å². The third kappa shape index (κ3) is 3.67. The summed E-state index contributed by atoms with van der Waals surface area (Å²) in [5.41, 5.74) is 1.05. The molecule has 0 bridgehead atoms. The predicted molar refractivity (Wildman–Crippen MR) is 106 cm³/mol. The molecule has 0 aliphatic heterocycles. The van der Waals surface area contributed by atoms with Crippen LogP contribution in [0.1, 0.15) is 36.2 Å². The zero-order valence-corrected chi connectivity index (χ0v) is 16.4. The van der Waals surface area contributed by atoms with Crippen LogP contribution in [0, 0.1) is 5.82 Å². The molecule has 1 heterocycles. The summed E-state index contributed by atoms with van der Waals surface area (Å²) < 4.78 is 21.4. The molecule has 4 rings (SSSR count). The molecule has 1 saturated carbocycles. The highest BCUT2D eigenvalue weighted by Crippen LogP contribution is 2.42. The van der Waals surface area contributed by atoms with Crippen LogP contribution >= 0.6 is 11.8 Å². The zero-order valence-electron chi connectivity index (χ0n) is 15.6. The quantitative estimate of drug-likeness (QED) is 0.424. The van der Waals surface area contributed by atoms with Crippen molar-refractivity contribution in [3.05, 3.63) is 59.9 Å². The van der Waals surface area contributed by atoms with Crippen LogP contribution in [0.2, 0.25) is 0 Å². The molecular weight excluding hydrogens is 377 g/mol. The molecule has 7 heteroatoms. The smallest absolute Gasteiger partial charge is 0.192 e. The Hall–Kier alpha value is -2.67. The average Bonchev–Trinajstić information content (AvgIpc) is 3.48. The summed E-state index contributed by atoms with van der Waals surface area (Å²) in [4.78, 5) is 12.8. The number of rotatable bonds is 7. The number of Topliss-reactive ketones (excluding diaryl/α,β-unsaturated/α-hetero) is 1. The molecule has 0 amide bonds. The van der Waals surface area contributed by atoms with Gasteiger partial charge in [-0.15, -0.1) is 10.2 Å². The van der Waals surface area contributed by atoms with Gasteiger partial charge in [-0.2, -0.15) is 0 Å². The summed E-state index contributed by atoms with van der Waals surface area (Å²) in [5.74, 6) is 0.910. The van der Waals surface area contributed by atoms with E-state index in [-0.39, 0.29) is 22.9 Å². The van der Waals surface area contributed by atoms with Crippen molar-refractivity contribution < 1.29 is 13.9 Å². The fourth-order valence-corrected chi connectivity index (χ4v) is 4.04. The van der Waals surface area contributed by atoms with Crippen LogP contribution in [0.3, 0.4) is 0 Å². The SMILES string of the molecule is COc1ccc(C(=O)C(C)Sc2nnc(-c3ccccc3F)n2C2CC2)cc1. The fraction of sp³-hybridized carbons (Fsp3) is 0.286. The summed E-state index contributed by atoms with van der Waals surface area (Å²) in [6.45, 7) is 1.85. The van der Waals surface area contributed by atoms with Gasteiger partial charge in [0.2, 0.25) is 0 Å². The van der Waals surface area contributed by atoms with Gasteiger partial charge in [-0.1, -0.05) is 23.9 Å². The number of carbonyl (C=O) groups is 1. The number of nitrogens with zero attached hydrogens (tertiary/aromatic N) is 3. The first-order valence-electron chi connectivity index (χ1n) is 9.13. The van der Waals surface area contributed by atoms with Crippen molar-refractivity contribution in [1.82, 2.24) is 14.8 Å². The molecule has 28 heavy (non-hydrogen) atoms. The summed E-state index contributed by atoms with van der Waals surface area (Å²) in [6, 6.07) is 13.9. The van der Waals surface area contributed by atoms with Gasteiger partial charge >= 0.3 is 0 Å². The van der Waals surface area contributed by atoms with Gasteiger partial charge in [-0.3, -0.25) is 9.36 Å². The molecule has 1 aliphatic rings. The lowest BCUT2D eigenvalue weighted by molar-refractivity contribution is 0.0994. The van der Waals surface area contributed by atoms with Crippen LogP contribution < -0.4 is 4.74 Å². The first-order chi connectivity index (χ1) is 13.6. The molecule has 2 aromatic carbocycles. The first kappa shape index (κ1) is 18.7. The van der Waals surface area contributed by atoms with E-state index in [4.69, 9.17) is 4.74 Å². The minimum atomic E-state index is -0.344. The molecule has 0 radical (unpaired) electrons. The number of ether oxygens (including phenoxy) is 1. The number of methoxy groups -OCH3 is 1. The van der Waals surface area contributed by atoms with Crippen LogP contribution in [-0.4, -0.2) is 32.9 Å². The lowest BCUT2D eigenvalue weighted by Gasteiger charge is -2.13. The summed E-state index contributed by atoms with van der Waals surface area (Å²) >= 11 is 1.36. The second kappa shape index (κ2) is 7.75. The number of halogens is 1. The van der Waals surface area contributed by atoms with E-state index >= 15 is 0 Å². The van der Waals surface area contributed by atoms with E-state index in [1.54, 1.807) is 49.6 Å². The minimum absolute atomic E-state index is 0.00504. The van der Waals surface area contributed by atoms with E-state index in [1.807, 2.05) is 11.5 Å². The lowest BCUT2D eigenvalue weighted by atomic mass is 10.1. The monoisotopic (exact) mass is 397 g/mol. The van der Waals surface area contributed by atoms with Gasteiger partial charge < -0.3 is 4.74 Å². The van der Waals surface area contributed by atoms with Gasteiger partial charge in [0.1, 0.15) is 11.6 Å². The van der Waals surface area contributed by atoms with Gasteiger partial charge in [0.05, 0.1) is 17.9 Å². The zero-order chi connectivity index (χ0) is 19.7. The van der Waals surface area contributed by atoms with Crippen molar-refractivity contribution >= 4 is 17.5 Å². The largest absolute Gasteiger partial charge is 0.497 e. The van der Waals surface area contributed by atoms with Crippen molar-refractivity contribution in [2.45, 2.75) is 36.2 Å². The van der Waals surface area contributed by atoms with Gasteiger partial charge in [0.25, 0.3) is 0 Å². The number of ketones is 1. The maximum Gasteiger partial charge on any atom is 0.192 e.